The van der Waals surface area contributed by atoms with Crippen molar-refractivity contribution in [3.63, 3.8) is 0 Å². The van der Waals surface area contributed by atoms with Crippen molar-refractivity contribution < 1.29 is 4.79 Å². The number of nitrogens with one attached hydrogen (secondary N) is 2. The summed E-state index contributed by atoms with van der Waals surface area (Å²) in [6.07, 6.45) is 5.43. The lowest BCUT2D eigenvalue weighted by atomic mass is 9.90. The Morgan fingerprint density at radius 1 is 1.09 bits per heavy atom. The topological polar surface area (TPSA) is 60.0 Å². The second-order valence-electron chi connectivity index (χ2n) is 9.36. The average molecular weight is 568 g/mol. The third-order valence-corrected chi connectivity index (χ3v) is 6.47. The first kappa shape index (κ1) is 27.6. The maximum absolute atomic E-state index is 12.8. The van der Waals surface area contributed by atoms with E-state index in [1.165, 1.54) is 11.1 Å². The third-order valence-electron chi connectivity index (χ3n) is 6.47. The van der Waals surface area contributed by atoms with E-state index in [0.29, 0.717) is 12.0 Å². The lowest BCUT2D eigenvalue weighted by molar-refractivity contribution is -0.130. The first-order valence-electron chi connectivity index (χ1n) is 12.3. The fourth-order valence-electron chi connectivity index (χ4n) is 4.71. The fraction of sp³-hybridized carbons (Fsp3) is 0.615. The van der Waals surface area contributed by atoms with Crippen molar-refractivity contribution in [1.82, 2.24) is 20.4 Å². The summed E-state index contributed by atoms with van der Waals surface area (Å²) in [7, 11) is 0. The summed E-state index contributed by atoms with van der Waals surface area (Å²) < 4.78 is 0. The summed E-state index contributed by atoms with van der Waals surface area (Å²) >= 11 is 0. The molecule has 3 rings (SSSR count). The summed E-state index contributed by atoms with van der Waals surface area (Å²) in [5, 5.41) is 6.85. The molecule has 1 aromatic rings. The average Bonchev–Trinajstić information content (AvgIpc) is 2.79. The maximum atomic E-state index is 12.8. The van der Waals surface area contributed by atoms with Crippen molar-refractivity contribution in [2.24, 2.45) is 10.9 Å². The van der Waals surface area contributed by atoms with E-state index in [1.54, 1.807) is 0 Å². The summed E-state index contributed by atoms with van der Waals surface area (Å²) in [5.74, 6) is 1.56. The number of nitrogens with zero attached hydrogens (tertiary/aromatic N) is 3. The molecule has 0 bridgehead atoms. The monoisotopic (exact) mass is 567 g/mol. The van der Waals surface area contributed by atoms with Crippen LogP contribution in [-0.2, 0) is 11.2 Å². The van der Waals surface area contributed by atoms with Gasteiger partial charge in [0.05, 0.1) is 0 Å². The number of halogens is 1. The number of benzene rings is 1. The molecule has 0 radical (unpaired) electrons. The van der Waals surface area contributed by atoms with E-state index in [1.807, 2.05) is 4.90 Å². The molecule has 0 aliphatic carbocycles. The molecule has 2 aliphatic heterocycles. The van der Waals surface area contributed by atoms with Crippen LogP contribution in [0.4, 0.5) is 0 Å². The highest BCUT2D eigenvalue weighted by Gasteiger charge is 2.23. The number of likely N-dealkylation sites (tertiary alicyclic amines) is 2. The van der Waals surface area contributed by atoms with Crippen molar-refractivity contribution in [3.8, 4) is 0 Å². The number of rotatable bonds is 8. The van der Waals surface area contributed by atoms with Gasteiger partial charge in [0, 0.05) is 45.3 Å². The van der Waals surface area contributed by atoms with Crippen LogP contribution in [0.15, 0.2) is 47.5 Å². The molecule has 6 nitrogen and oxygen atoms in total. The van der Waals surface area contributed by atoms with Gasteiger partial charge in [0.2, 0.25) is 5.91 Å². The predicted octanol–water partition coefficient (Wildman–Crippen LogP) is 3.68. The molecule has 2 heterocycles. The molecule has 184 valence electrons. The predicted molar refractivity (Wildman–Crippen MR) is 148 cm³/mol. The van der Waals surface area contributed by atoms with Gasteiger partial charge in [-0.25, -0.2) is 4.99 Å². The standard InChI is InChI=1S/C26H41N5O.HI/c1-4-27-26(29-24-12-14-30(15-13-24)20-21(2)3)28-19-25(32)31-16-10-23(11-17-31)18-22-8-6-5-7-9-22;/h5-9,23-24H,2,4,10-20H2,1,3H3,(H2,27,28,29);1H. The van der Waals surface area contributed by atoms with Crippen LogP contribution in [0, 0.1) is 5.92 Å². The van der Waals surface area contributed by atoms with Gasteiger partial charge < -0.3 is 15.5 Å². The minimum Gasteiger partial charge on any atom is -0.357 e. The van der Waals surface area contributed by atoms with Gasteiger partial charge in [0.25, 0.3) is 0 Å². The maximum Gasteiger partial charge on any atom is 0.244 e. The van der Waals surface area contributed by atoms with E-state index in [-0.39, 0.29) is 36.4 Å². The summed E-state index contributed by atoms with van der Waals surface area (Å²) in [6.45, 7) is 14.0. The molecule has 0 unspecified atom stereocenters. The Bertz CT molecular complexity index is 753. The Hall–Kier alpha value is -1.61. The van der Waals surface area contributed by atoms with Gasteiger partial charge in [-0.2, -0.15) is 0 Å². The van der Waals surface area contributed by atoms with Crippen LogP contribution in [0.1, 0.15) is 45.1 Å². The molecular weight excluding hydrogens is 525 g/mol. The van der Waals surface area contributed by atoms with Crippen LogP contribution in [0.5, 0.6) is 0 Å². The normalized spacial score (nSPS) is 18.5. The van der Waals surface area contributed by atoms with Crippen molar-refractivity contribution in [2.45, 2.75) is 52.0 Å². The molecule has 2 aliphatic rings. The van der Waals surface area contributed by atoms with Crippen LogP contribution in [-0.4, -0.2) is 73.5 Å². The van der Waals surface area contributed by atoms with Crippen LogP contribution in [0.25, 0.3) is 0 Å². The minimum atomic E-state index is 0. The number of hydrogen-bond acceptors (Lipinski definition) is 3. The van der Waals surface area contributed by atoms with Crippen LogP contribution < -0.4 is 10.6 Å². The van der Waals surface area contributed by atoms with E-state index in [0.717, 1.165) is 77.3 Å². The van der Waals surface area contributed by atoms with E-state index in [9.17, 15) is 4.79 Å². The number of hydrogen-bond donors (Lipinski definition) is 2. The first-order chi connectivity index (χ1) is 15.5. The van der Waals surface area contributed by atoms with Crippen molar-refractivity contribution in [3.05, 3.63) is 48.0 Å². The molecule has 1 amide bonds. The van der Waals surface area contributed by atoms with E-state index in [2.05, 4.69) is 71.3 Å². The smallest absolute Gasteiger partial charge is 0.244 e. The van der Waals surface area contributed by atoms with Gasteiger partial charge in [-0.05, 0) is 57.4 Å². The van der Waals surface area contributed by atoms with Gasteiger partial charge in [-0.1, -0.05) is 42.5 Å². The molecule has 0 spiro atoms. The highest BCUT2D eigenvalue weighted by Crippen LogP contribution is 2.21. The number of aliphatic imine (C=N–C) groups is 1. The van der Waals surface area contributed by atoms with Gasteiger partial charge in [-0.15, -0.1) is 24.0 Å². The molecule has 0 aromatic heterocycles. The minimum absolute atomic E-state index is 0. The third kappa shape index (κ3) is 9.65. The zero-order valence-corrected chi connectivity index (χ0v) is 22.7. The molecule has 0 saturated carbocycles. The Balaban J connectivity index is 0.00000385. The summed E-state index contributed by atoms with van der Waals surface area (Å²) in [5.41, 5.74) is 2.61. The molecule has 7 heteroatoms. The molecular formula is C26H42IN5O. The van der Waals surface area contributed by atoms with Crippen molar-refractivity contribution >= 4 is 35.8 Å². The second kappa shape index (κ2) is 14.6. The zero-order chi connectivity index (χ0) is 22.8. The van der Waals surface area contributed by atoms with Gasteiger partial charge >= 0.3 is 0 Å². The van der Waals surface area contributed by atoms with E-state index >= 15 is 0 Å². The van der Waals surface area contributed by atoms with Crippen molar-refractivity contribution in [2.75, 3.05) is 45.8 Å². The van der Waals surface area contributed by atoms with E-state index in [4.69, 9.17) is 0 Å². The quantitative estimate of drug-likeness (QED) is 0.218. The molecule has 33 heavy (non-hydrogen) atoms. The lowest BCUT2D eigenvalue weighted by Crippen LogP contribution is -2.49. The fourth-order valence-corrected chi connectivity index (χ4v) is 4.71. The van der Waals surface area contributed by atoms with Gasteiger partial charge in [0.15, 0.2) is 5.96 Å². The highest BCUT2D eigenvalue weighted by molar-refractivity contribution is 14.0. The SMILES string of the molecule is C=C(C)CN1CCC(NC(=NCC(=O)N2CCC(Cc3ccccc3)CC2)NCC)CC1.I. The Labute approximate surface area is 217 Å². The lowest BCUT2D eigenvalue weighted by Gasteiger charge is -2.33. The zero-order valence-electron chi connectivity index (χ0n) is 20.4. The largest absolute Gasteiger partial charge is 0.357 e. The summed E-state index contributed by atoms with van der Waals surface area (Å²) in [4.78, 5) is 21.8. The first-order valence-corrected chi connectivity index (χ1v) is 12.3. The summed E-state index contributed by atoms with van der Waals surface area (Å²) in [6, 6.07) is 11.1. The second-order valence-corrected chi connectivity index (χ2v) is 9.36. The Morgan fingerprint density at radius 2 is 1.76 bits per heavy atom. The molecule has 0 atom stereocenters. The van der Waals surface area contributed by atoms with Gasteiger partial charge in [0.1, 0.15) is 6.54 Å². The van der Waals surface area contributed by atoms with Gasteiger partial charge in [-0.3, -0.25) is 9.69 Å². The molecule has 2 saturated heterocycles. The number of amides is 1. The number of carbonyl (C=O) groups is 1. The molecule has 2 N–H and O–H groups in total. The molecule has 1 aromatic carbocycles. The number of carbonyl (C=O) groups excluding carboxylic acids is 1. The van der Waals surface area contributed by atoms with Crippen LogP contribution in [0.3, 0.4) is 0 Å². The Kier molecular flexibility index (Phi) is 12.2. The highest BCUT2D eigenvalue weighted by atomic mass is 127. The van der Waals surface area contributed by atoms with Crippen LogP contribution >= 0.6 is 24.0 Å². The van der Waals surface area contributed by atoms with Crippen LogP contribution in [0.2, 0.25) is 0 Å². The number of guanidine groups is 1. The van der Waals surface area contributed by atoms with Crippen molar-refractivity contribution in [1.29, 1.82) is 0 Å². The Morgan fingerprint density at radius 3 is 2.36 bits per heavy atom. The van der Waals surface area contributed by atoms with E-state index < -0.39 is 0 Å². The molecule has 2 fully saturated rings. The number of piperidine rings is 2.